The molecule has 44 heavy (non-hydrogen) atoms. The van der Waals surface area contributed by atoms with Crippen molar-refractivity contribution < 1.29 is 27.8 Å². The monoisotopic (exact) mass is 603 g/mol. The van der Waals surface area contributed by atoms with Crippen LogP contribution in [0.3, 0.4) is 0 Å². The SMILES string of the molecule is Nc1nc(O[C@H](c2cc(-c3ccccc3)ccc2-c2ccccc2)C(F)(F)F)cc(N2CCC3(CC2)CNC(C(=O)O)C3)n1. The third-order valence-corrected chi connectivity index (χ3v) is 8.58. The van der Waals surface area contributed by atoms with E-state index in [0.29, 0.717) is 61.4 Å². The Kier molecular flexibility index (Phi) is 7.89. The van der Waals surface area contributed by atoms with Crippen molar-refractivity contribution in [1.29, 1.82) is 0 Å². The third-order valence-electron chi connectivity index (χ3n) is 8.58. The zero-order valence-electron chi connectivity index (χ0n) is 23.8. The van der Waals surface area contributed by atoms with Gasteiger partial charge in [0.15, 0.2) is 0 Å². The van der Waals surface area contributed by atoms with Crippen molar-refractivity contribution in [2.24, 2.45) is 5.41 Å². The van der Waals surface area contributed by atoms with Crippen molar-refractivity contribution in [3.05, 3.63) is 90.5 Å². The Morgan fingerprint density at radius 3 is 2.23 bits per heavy atom. The molecular formula is C33H32F3N5O3. The molecule has 11 heteroatoms. The lowest BCUT2D eigenvalue weighted by Gasteiger charge is -2.39. The van der Waals surface area contributed by atoms with Gasteiger partial charge >= 0.3 is 12.1 Å². The Labute approximate surface area is 252 Å². The summed E-state index contributed by atoms with van der Waals surface area (Å²) in [4.78, 5) is 21.7. The molecule has 2 atom stereocenters. The largest absolute Gasteiger partial charge is 0.480 e. The average molecular weight is 604 g/mol. The third kappa shape index (κ3) is 6.19. The van der Waals surface area contributed by atoms with Gasteiger partial charge < -0.3 is 25.8 Å². The fraction of sp³-hybridized carbons (Fsp3) is 0.303. The second kappa shape index (κ2) is 11.8. The van der Waals surface area contributed by atoms with Crippen molar-refractivity contribution >= 4 is 17.7 Å². The number of aromatic nitrogens is 2. The van der Waals surface area contributed by atoms with Gasteiger partial charge in [-0.25, -0.2) is 0 Å². The van der Waals surface area contributed by atoms with E-state index in [0.717, 1.165) is 5.56 Å². The Morgan fingerprint density at radius 2 is 1.61 bits per heavy atom. The number of nitrogens with one attached hydrogen (secondary N) is 1. The molecule has 0 aliphatic carbocycles. The molecule has 1 unspecified atom stereocenters. The van der Waals surface area contributed by atoms with Crippen LogP contribution in [0.15, 0.2) is 84.9 Å². The molecule has 3 aromatic carbocycles. The normalized spacial score (nSPS) is 18.7. The quantitative estimate of drug-likeness (QED) is 0.232. The van der Waals surface area contributed by atoms with E-state index < -0.39 is 24.3 Å². The van der Waals surface area contributed by atoms with Gasteiger partial charge in [0, 0.05) is 31.3 Å². The Bertz CT molecular complexity index is 1630. The van der Waals surface area contributed by atoms with Gasteiger partial charge in [0.1, 0.15) is 11.9 Å². The van der Waals surface area contributed by atoms with Crippen LogP contribution < -0.4 is 20.7 Å². The van der Waals surface area contributed by atoms with Gasteiger partial charge in [-0.2, -0.15) is 23.1 Å². The molecule has 1 aromatic heterocycles. The van der Waals surface area contributed by atoms with E-state index in [1.807, 2.05) is 35.2 Å². The topological polar surface area (TPSA) is 114 Å². The van der Waals surface area contributed by atoms with E-state index >= 15 is 0 Å². The molecular weight excluding hydrogens is 571 g/mol. The summed E-state index contributed by atoms with van der Waals surface area (Å²) in [6.07, 6.45) is -5.17. The number of piperidine rings is 1. The molecule has 2 aliphatic rings. The van der Waals surface area contributed by atoms with Crippen LogP contribution in [0.5, 0.6) is 5.88 Å². The number of benzene rings is 3. The maximum atomic E-state index is 14.9. The number of nitrogens with two attached hydrogens (primary N) is 1. The van der Waals surface area contributed by atoms with Gasteiger partial charge in [-0.05, 0) is 53.0 Å². The van der Waals surface area contributed by atoms with Crippen molar-refractivity contribution in [3.8, 4) is 28.1 Å². The van der Waals surface area contributed by atoms with Gasteiger partial charge in [-0.3, -0.25) is 4.79 Å². The minimum Gasteiger partial charge on any atom is -0.480 e. The Balaban J connectivity index is 1.32. The van der Waals surface area contributed by atoms with Crippen molar-refractivity contribution in [2.45, 2.75) is 37.6 Å². The molecule has 4 aromatic rings. The first-order valence-electron chi connectivity index (χ1n) is 14.4. The first-order valence-corrected chi connectivity index (χ1v) is 14.4. The number of ether oxygens (including phenoxy) is 1. The van der Waals surface area contributed by atoms with Crippen LogP contribution in [0.4, 0.5) is 24.9 Å². The number of carbonyl (C=O) groups is 1. The molecule has 0 bridgehead atoms. The number of alkyl halides is 3. The highest BCUT2D eigenvalue weighted by Gasteiger charge is 2.46. The molecule has 2 aliphatic heterocycles. The molecule has 4 N–H and O–H groups in total. The fourth-order valence-corrected chi connectivity index (χ4v) is 6.23. The molecule has 0 radical (unpaired) electrons. The molecule has 8 nitrogen and oxygen atoms in total. The number of halogens is 3. The lowest BCUT2D eigenvalue weighted by atomic mass is 9.76. The molecule has 0 saturated carbocycles. The molecule has 1 spiro atoms. The number of carboxylic acid groups (broad SMARTS) is 1. The first-order chi connectivity index (χ1) is 21.1. The van der Waals surface area contributed by atoms with Crippen molar-refractivity contribution in [3.63, 3.8) is 0 Å². The maximum Gasteiger partial charge on any atom is 0.429 e. The summed E-state index contributed by atoms with van der Waals surface area (Å²) in [6.45, 7) is 1.70. The number of carboxylic acids is 1. The van der Waals surface area contributed by atoms with Crippen LogP contribution in [-0.2, 0) is 4.79 Å². The lowest BCUT2D eigenvalue weighted by molar-refractivity contribution is -0.198. The average Bonchev–Trinajstić information content (AvgIpc) is 3.44. The van der Waals surface area contributed by atoms with Crippen LogP contribution in [0.1, 0.15) is 30.9 Å². The van der Waals surface area contributed by atoms with E-state index in [4.69, 9.17) is 10.5 Å². The minimum absolute atomic E-state index is 0.0505. The number of rotatable bonds is 7. The van der Waals surface area contributed by atoms with Crippen LogP contribution >= 0.6 is 0 Å². The van der Waals surface area contributed by atoms with Crippen molar-refractivity contribution in [2.75, 3.05) is 30.3 Å². The smallest absolute Gasteiger partial charge is 0.429 e. The predicted molar refractivity (Wildman–Crippen MR) is 161 cm³/mol. The number of nitrogen functional groups attached to an aromatic ring is 1. The Morgan fingerprint density at radius 1 is 0.955 bits per heavy atom. The van der Waals surface area contributed by atoms with Gasteiger partial charge in [0.05, 0.1) is 0 Å². The van der Waals surface area contributed by atoms with Crippen LogP contribution in [0.25, 0.3) is 22.3 Å². The van der Waals surface area contributed by atoms with Crippen LogP contribution in [-0.4, -0.2) is 52.9 Å². The number of aliphatic carboxylic acids is 1. The molecule has 0 amide bonds. The van der Waals surface area contributed by atoms with Gasteiger partial charge in [0.25, 0.3) is 0 Å². The zero-order valence-corrected chi connectivity index (χ0v) is 23.8. The second-order valence-corrected chi connectivity index (χ2v) is 11.5. The molecule has 6 rings (SSSR count). The standard InChI is InChI=1S/C33H32F3N5O3/c34-33(35,36)29(25-17-23(21-7-3-1-4-8-21)11-12-24(25)22-9-5-2-6-10-22)44-28-18-27(39-31(37)40-28)41-15-13-32(14-16-41)19-26(30(42)43)38-20-32/h1-12,17-18,26,29,38H,13-16,19-20H2,(H,42,43)(H2,37,39,40)/t26?,29-/m1/s1. The number of anilines is 2. The van der Waals surface area contributed by atoms with Crippen molar-refractivity contribution in [1.82, 2.24) is 15.3 Å². The highest BCUT2D eigenvalue weighted by atomic mass is 19.4. The molecule has 228 valence electrons. The summed E-state index contributed by atoms with van der Waals surface area (Å²) in [6, 6.07) is 23.9. The maximum absolute atomic E-state index is 14.9. The van der Waals surface area contributed by atoms with E-state index in [9.17, 15) is 23.1 Å². The minimum atomic E-state index is -4.79. The van der Waals surface area contributed by atoms with E-state index in [1.54, 1.807) is 42.5 Å². The number of hydrogen-bond acceptors (Lipinski definition) is 7. The first kappa shape index (κ1) is 29.4. The molecule has 2 saturated heterocycles. The number of hydrogen-bond donors (Lipinski definition) is 3. The summed E-state index contributed by atoms with van der Waals surface area (Å²) < 4.78 is 50.3. The highest BCUT2D eigenvalue weighted by Crippen LogP contribution is 2.44. The van der Waals surface area contributed by atoms with Gasteiger partial charge in [-0.15, -0.1) is 0 Å². The summed E-state index contributed by atoms with van der Waals surface area (Å²) in [5.41, 5.74) is 8.21. The van der Waals surface area contributed by atoms with Gasteiger partial charge in [0.2, 0.25) is 17.9 Å². The van der Waals surface area contributed by atoms with Crippen LogP contribution in [0.2, 0.25) is 0 Å². The van der Waals surface area contributed by atoms with E-state index in [2.05, 4.69) is 15.3 Å². The summed E-state index contributed by atoms with van der Waals surface area (Å²) in [7, 11) is 0. The lowest BCUT2D eigenvalue weighted by Crippen LogP contribution is -2.41. The van der Waals surface area contributed by atoms with E-state index in [-0.39, 0.29) is 22.8 Å². The summed E-state index contributed by atoms with van der Waals surface area (Å²) in [5, 5.41) is 12.5. The van der Waals surface area contributed by atoms with Gasteiger partial charge in [-0.1, -0.05) is 72.8 Å². The molecule has 3 heterocycles. The zero-order chi connectivity index (χ0) is 30.9. The summed E-state index contributed by atoms with van der Waals surface area (Å²) in [5.74, 6) is -0.981. The predicted octanol–water partition coefficient (Wildman–Crippen LogP) is 6.11. The molecule has 2 fully saturated rings. The fourth-order valence-electron chi connectivity index (χ4n) is 6.23. The second-order valence-electron chi connectivity index (χ2n) is 11.5. The van der Waals surface area contributed by atoms with E-state index in [1.165, 1.54) is 12.1 Å². The van der Waals surface area contributed by atoms with Crippen LogP contribution in [0, 0.1) is 5.41 Å². The highest BCUT2D eigenvalue weighted by molar-refractivity contribution is 5.75. The summed E-state index contributed by atoms with van der Waals surface area (Å²) >= 11 is 0. The Hall–Kier alpha value is -4.64. The number of nitrogens with zero attached hydrogens (tertiary/aromatic N) is 3.